The Morgan fingerprint density at radius 1 is 1.50 bits per heavy atom. The minimum absolute atomic E-state index is 1.03. The molecular weight excluding hydrogens is 323 g/mol. The molecule has 0 aliphatic rings. The van der Waals surface area contributed by atoms with Crippen LogP contribution in [0.2, 0.25) is 0 Å². The van der Waals surface area contributed by atoms with Crippen molar-refractivity contribution in [1.82, 2.24) is 0 Å². The van der Waals surface area contributed by atoms with E-state index in [1.54, 1.807) is 0 Å². The summed E-state index contributed by atoms with van der Waals surface area (Å²) in [6, 6.07) is 4.08. The summed E-state index contributed by atoms with van der Waals surface area (Å²) < 4.78 is 2.32. The lowest BCUT2D eigenvalue weighted by Gasteiger charge is -2.01. The van der Waals surface area contributed by atoms with Crippen LogP contribution >= 0.6 is 51.1 Å². The predicted molar refractivity (Wildman–Crippen MR) is 58.8 cm³/mol. The Kier molecular flexibility index (Phi) is 3.06. The van der Waals surface area contributed by atoms with Crippen molar-refractivity contribution >= 4 is 51.1 Å². The smallest absolute Gasteiger partial charge is 0.0293 e. The summed E-state index contributed by atoms with van der Waals surface area (Å²) in [6.07, 6.45) is 0. The highest BCUT2D eigenvalue weighted by Crippen LogP contribution is 2.24. The molecule has 0 aliphatic carbocycles. The van der Waals surface area contributed by atoms with Crippen LogP contribution in [0.5, 0.6) is 0 Å². The molecule has 0 atom stereocenters. The molecule has 0 saturated heterocycles. The molecule has 0 fully saturated rings. The van der Waals surface area contributed by atoms with Crippen molar-refractivity contribution in [3.05, 3.63) is 25.7 Å². The second kappa shape index (κ2) is 3.45. The summed E-state index contributed by atoms with van der Waals surface area (Å²) in [5.74, 6) is 0. The standard InChI is InChI=1S/C7H6BrIS/c1-4-2-5(8)3-6(10)7(4)9/h2-3,10H,1H3. The second-order valence-corrected chi connectivity index (χ2v) is 4.53. The quantitative estimate of drug-likeness (QED) is 0.545. The summed E-state index contributed by atoms with van der Waals surface area (Å²) >= 11 is 9.98. The molecule has 54 valence electrons. The first kappa shape index (κ1) is 8.87. The molecule has 0 N–H and O–H groups in total. The van der Waals surface area contributed by atoms with Gasteiger partial charge in [-0.25, -0.2) is 0 Å². The maximum Gasteiger partial charge on any atom is 0.0293 e. The molecule has 0 spiro atoms. The fourth-order valence-corrected chi connectivity index (χ4v) is 2.08. The van der Waals surface area contributed by atoms with E-state index in [2.05, 4.69) is 64.1 Å². The van der Waals surface area contributed by atoms with Gasteiger partial charge in [0.05, 0.1) is 0 Å². The zero-order valence-electron chi connectivity index (χ0n) is 5.36. The Labute approximate surface area is 88.1 Å². The van der Waals surface area contributed by atoms with Crippen molar-refractivity contribution < 1.29 is 0 Å². The summed E-state index contributed by atoms with van der Waals surface area (Å²) in [6.45, 7) is 2.08. The van der Waals surface area contributed by atoms with Gasteiger partial charge in [0.1, 0.15) is 0 Å². The first-order chi connectivity index (χ1) is 4.61. The summed E-state index contributed by atoms with van der Waals surface area (Å²) in [7, 11) is 0. The molecule has 10 heavy (non-hydrogen) atoms. The molecule has 1 rings (SSSR count). The minimum atomic E-state index is 1.03. The van der Waals surface area contributed by atoms with E-state index < -0.39 is 0 Å². The van der Waals surface area contributed by atoms with E-state index in [-0.39, 0.29) is 0 Å². The van der Waals surface area contributed by atoms with Crippen molar-refractivity contribution in [3.63, 3.8) is 0 Å². The van der Waals surface area contributed by atoms with Gasteiger partial charge in [0.2, 0.25) is 0 Å². The number of hydrogen-bond donors (Lipinski definition) is 1. The third-order valence-corrected chi connectivity index (χ3v) is 3.87. The lowest BCUT2D eigenvalue weighted by Crippen LogP contribution is -1.81. The highest BCUT2D eigenvalue weighted by atomic mass is 127. The van der Waals surface area contributed by atoms with Crippen LogP contribution in [-0.4, -0.2) is 0 Å². The number of rotatable bonds is 0. The molecule has 0 nitrogen and oxygen atoms in total. The molecule has 0 aromatic heterocycles. The summed E-state index contributed by atoms with van der Waals surface area (Å²) in [4.78, 5) is 1.03. The van der Waals surface area contributed by atoms with Crippen molar-refractivity contribution in [2.75, 3.05) is 0 Å². The highest BCUT2D eigenvalue weighted by molar-refractivity contribution is 14.1. The molecule has 1 aromatic carbocycles. The maximum absolute atomic E-state index is 4.30. The molecule has 0 heterocycles. The third kappa shape index (κ3) is 1.89. The topological polar surface area (TPSA) is 0 Å². The van der Waals surface area contributed by atoms with Gasteiger partial charge in [-0.3, -0.25) is 0 Å². The molecule has 0 amide bonds. The average Bonchev–Trinajstić information content (AvgIpc) is 1.82. The second-order valence-electron chi connectivity index (χ2n) is 2.06. The van der Waals surface area contributed by atoms with Gasteiger partial charge in [0, 0.05) is 12.9 Å². The molecule has 0 bridgehead atoms. The van der Waals surface area contributed by atoms with Crippen LogP contribution in [0.25, 0.3) is 0 Å². The molecule has 0 saturated carbocycles. The van der Waals surface area contributed by atoms with Gasteiger partial charge in [-0.05, 0) is 47.2 Å². The van der Waals surface area contributed by atoms with E-state index in [4.69, 9.17) is 0 Å². The van der Waals surface area contributed by atoms with Gasteiger partial charge in [0.25, 0.3) is 0 Å². The highest BCUT2D eigenvalue weighted by Gasteiger charge is 1.99. The van der Waals surface area contributed by atoms with E-state index in [1.165, 1.54) is 9.13 Å². The van der Waals surface area contributed by atoms with Crippen LogP contribution in [0.3, 0.4) is 0 Å². The maximum atomic E-state index is 4.30. The van der Waals surface area contributed by atoms with Crippen LogP contribution < -0.4 is 0 Å². The van der Waals surface area contributed by atoms with Crippen LogP contribution in [0.4, 0.5) is 0 Å². The van der Waals surface area contributed by atoms with E-state index >= 15 is 0 Å². The fourth-order valence-electron chi connectivity index (χ4n) is 0.708. The first-order valence-corrected chi connectivity index (χ1v) is 5.08. The number of aryl methyl sites for hydroxylation is 1. The Balaban J connectivity index is 3.31. The fraction of sp³-hybridized carbons (Fsp3) is 0.143. The van der Waals surface area contributed by atoms with Crippen molar-refractivity contribution in [3.8, 4) is 0 Å². The first-order valence-electron chi connectivity index (χ1n) is 2.76. The van der Waals surface area contributed by atoms with Crippen LogP contribution in [0.1, 0.15) is 5.56 Å². The zero-order chi connectivity index (χ0) is 7.72. The van der Waals surface area contributed by atoms with Crippen LogP contribution in [0.15, 0.2) is 21.5 Å². The van der Waals surface area contributed by atoms with Gasteiger partial charge in [-0.2, -0.15) is 0 Å². The Morgan fingerprint density at radius 2 is 2.10 bits per heavy atom. The molecule has 0 unspecified atom stereocenters. The lowest BCUT2D eigenvalue weighted by molar-refractivity contribution is 1.30. The molecule has 1 aromatic rings. The largest absolute Gasteiger partial charge is 0.142 e. The van der Waals surface area contributed by atoms with Gasteiger partial charge in [-0.1, -0.05) is 15.9 Å². The average molecular weight is 329 g/mol. The molecule has 0 radical (unpaired) electrons. The number of thiol groups is 1. The normalized spacial score (nSPS) is 10.0. The third-order valence-electron chi connectivity index (χ3n) is 1.20. The van der Waals surface area contributed by atoms with Gasteiger partial charge in [0.15, 0.2) is 0 Å². The van der Waals surface area contributed by atoms with Crippen molar-refractivity contribution in [1.29, 1.82) is 0 Å². The van der Waals surface area contributed by atoms with E-state index in [0.29, 0.717) is 0 Å². The van der Waals surface area contributed by atoms with Crippen LogP contribution in [-0.2, 0) is 0 Å². The van der Waals surface area contributed by atoms with Gasteiger partial charge >= 0.3 is 0 Å². The Hall–Kier alpha value is 0.780. The minimum Gasteiger partial charge on any atom is -0.142 e. The number of benzene rings is 1. The van der Waals surface area contributed by atoms with E-state index in [9.17, 15) is 0 Å². The molecule has 0 aliphatic heterocycles. The monoisotopic (exact) mass is 328 g/mol. The number of halogens is 2. The summed E-state index contributed by atoms with van der Waals surface area (Å²) in [5, 5.41) is 0. The van der Waals surface area contributed by atoms with E-state index in [1.807, 2.05) is 6.07 Å². The number of hydrogen-bond acceptors (Lipinski definition) is 1. The molecule has 3 heteroatoms. The molecular formula is C7H6BrIS. The lowest BCUT2D eigenvalue weighted by atomic mass is 10.2. The predicted octanol–water partition coefficient (Wildman–Crippen LogP) is 3.65. The Bertz CT molecular complexity index is 237. The van der Waals surface area contributed by atoms with Crippen LogP contribution in [0, 0.1) is 10.5 Å². The van der Waals surface area contributed by atoms with Crippen molar-refractivity contribution in [2.24, 2.45) is 0 Å². The van der Waals surface area contributed by atoms with Gasteiger partial charge < -0.3 is 0 Å². The Morgan fingerprint density at radius 3 is 2.60 bits per heavy atom. The van der Waals surface area contributed by atoms with Gasteiger partial charge in [-0.15, -0.1) is 12.6 Å². The zero-order valence-corrected chi connectivity index (χ0v) is 10.00. The summed E-state index contributed by atoms with van der Waals surface area (Å²) in [5.41, 5.74) is 1.26. The SMILES string of the molecule is Cc1cc(Br)cc(S)c1I. The van der Waals surface area contributed by atoms with E-state index in [0.717, 1.165) is 9.37 Å². The van der Waals surface area contributed by atoms with Crippen molar-refractivity contribution in [2.45, 2.75) is 11.8 Å².